The van der Waals surface area contributed by atoms with E-state index in [1.54, 1.807) is 4.90 Å². The van der Waals surface area contributed by atoms with Gasteiger partial charge in [0.2, 0.25) is 11.8 Å². The summed E-state index contributed by atoms with van der Waals surface area (Å²) in [6.07, 6.45) is 1.64. The van der Waals surface area contributed by atoms with Gasteiger partial charge in [0, 0.05) is 6.04 Å². The van der Waals surface area contributed by atoms with Crippen molar-refractivity contribution in [1.29, 1.82) is 0 Å². The van der Waals surface area contributed by atoms with Gasteiger partial charge in [-0.05, 0) is 26.2 Å². The van der Waals surface area contributed by atoms with Crippen LogP contribution in [0.5, 0.6) is 0 Å². The fraction of sp³-hybridized carbons (Fsp3) is 0.846. The van der Waals surface area contributed by atoms with E-state index >= 15 is 0 Å². The molecule has 17 heavy (non-hydrogen) atoms. The Bertz CT molecular complexity index is 317. The molecule has 1 rings (SSSR count). The van der Waals surface area contributed by atoms with Crippen molar-refractivity contribution in [3.63, 3.8) is 0 Å². The Hall–Kier alpha value is -1.06. The van der Waals surface area contributed by atoms with Gasteiger partial charge in [0.25, 0.3) is 0 Å². The van der Waals surface area contributed by atoms with Gasteiger partial charge >= 0.3 is 0 Å². The molecule has 3 unspecified atom stereocenters. The molecule has 0 aromatic heterocycles. The van der Waals surface area contributed by atoms with Gasteiger partial charge in [0.05, 0.1) is 6.54 Å². The molecule has 3 atom stereocenters. The second-order valence-electron chi connectivity index (χ2n) is 5.29. The quantitative estimate of drug-likeness (QED) is 0.810. The van der Waals surface area contributed by atoms with Crippen LogP contribution < -0.4 is 5.32 Å². The first-order chi connectivity index (χ1) is 7.85. The predicted octanol–water partition coefficient (Wildman–Crippen LogP) is 1.55. The molecule has 1 N–H and O–H groups in total. The number of nitrogens with zero attached hydrogens (tertiary/aromatic N) is 1. The van der Waals surface area contributed by atoms with Crippen LogP contribution in [-0.4, -0.2) is 34.8 Å². The molecule has 98 valence electrons. The fourth-order valence-electron chi connectivity index (χ4n) is 2.16. The molecule has 1 fully saturated rings. The average molecular weight is 240 g/mol. The van der Waals surface area contributed by atoms with Crippen LogP contribution in [-0.2, 0) is 9.59 Å². The van der Waals surface area contributed by atoms with Gasteiger partial charge in [-0.15, -0.1) is 0 Å². The summed E-state index contributed by atoms with van der Waals surface area (Å²) in [5.41, 5.74) is -0.725. The van der Waals surface area contributed by atoms with Crippen molar-refractivity contribution in [2.45, 2.75) is 59.0 Å². The average Bonchev–Trinajstić information content (AvgIpc) is 2.31. The molecular weight excluding hydrogens is 216 g/mol. The number of hydrogen-bond acceptors (Lipinski definition) is 2. The molecule has 1 aliphatic heterocycles. The number of rotatable bonds is 4. The Labute approximate surface area is 104 Å². The zero-order valence-corrected chi connectivity index (χ0v) is 11.5. The van der Waals surface area contributed by atoms with E-state index in [0.717, 1.165) is 6.42 Å². The lowest BCUT2D eigenvalue weighted by Gasteiger charge is -2.43. The van der Waals surface area contributed by atoms with E-state index in [9.17, 15) is 9.59 Å². The first-order valence-corrected chi connectivity index (χ1v) is 6.47. The van der Waals surface area contributed by atoms with Crippen molar-refractivity contribution in [3.8, 4) is 0 Å². The lowest BCUT2D eigenvalue weighted by Crippen LogP contribution is -2.67. The molecule has 2 amide bonds. The molecule has 0 spiro atoms. The maximum atomic E-state index is 12.4. The van der Waals surface area contributed by atoms with Gasteiger partial charge < -0.3 is 10.2 Å². The number of amides is 2. The van der Waals surface area contributed by atoms with Crippen LogP contribution in [0.3, 0.4) is 0 Å². The van der Waals surface area contributed by atoms with E-state index in [1.807, 2.05) is 20.8 Å². The summed E-state index contributed by atoms with van der Waals surface area (Å²) in [6, 6.07) is 0.115. The summed E-state index contributed by atoms with van der Waals surface area (Å²) in [6.45, 7) is 10.2. The Balaban J connectivity index is 2.92. The molecule has 0 aliphatic carbocycles. The minimum absolute atomic E-state index is 0.0485. The van der Waals surface area contributed by atoms with Gasteiger partial charge in [-0.3, -0.25) is 9.59 Å². The molecule has 0 radical (unpaired) electrons. The Morgan fingerprint density at radius 2 is 1.94 bits per heavy atom. The fourth-order valence-corrected chi connectivity index (χ4v) is 2.16. The first-order valence-electron chi connectivity index (χ1n) is 6.47. The molecule has 0 saturated carbocycles. The third-order valence-electron chi connectivity index (χ3n) is 4.13. The molecule has 4 heteroatoms. The Morgan fingerprint density at radius 3 is 2.41 bits per heavy atom. The molecular formula is C13H24N2O2. The number of carbonyl (C=O) groups excluding carboxylic acids is 2. The van der Waals surface area contributed by atoms with Crippen molar-refractivity contribution in [2.75, 3.05) is 6.54 Å². The Kier molecular flexibility index (Phi) is 4.17. The minimum Gasteiger partial charge on any atom is -0.340 e. The molecule has 1 aliphatic rings. The zero-order valence-electron chi connectivity index (χ0n) is 11.5. The third kappa shape index (κ3) is 2.61. The summed E-state index contributed by atoms with van der Waals surface area (Å²) >= 11 is 0. The Morgan fingerprint density at radius 1 is 1.35 bits per heavy atom. The molecule has 1 saturated heterocycles. The molecule has 0 aromatic carbocycles. The van der Waals surface area contributed by atoms with Gasteiger partial charge in [0.15, 0.2) is 0 Å². The summed E-state index contributed by atoms with van der Waals surface area (Å²) in [5, 5.41) is 2.80. The lowest BCUT2D eigenvalue weighted by atomic mass is 9.91. The van der Waals surface area contributed by atoms with E-state index in [4.69, 9.17) is 0 Å². The van der Waals surface area contributed by atoms with Crippen LogP contribution in [0.15, 0.2) is 0 Å². The van der Waals surface area contributed by atoms with Crippen LogP contribution in [0.1, 0.15) is 47.5 Å². The highest BCUT2D eigenvalue weighted by Gasteiger charge is 2.43. The molecule has 1 heterocycles. The van der Waals surface area contributed by atoms with Crippen molar-refractivity contribution in [2.24, 2.45) is 5.92 Å². The van der Waals surface area contributed by atoms with Crippen molar-refractivity contribution in [1.82, 2.24) is 10.2 Å². The van der Waals surface area contributed by atoms with E-state index in [0.29, 0.717) is 12.3 Å². The van der Waals surface area contributed by atoms with E-state index in [1.165, 1.54) is 0 Å². The van der Waals surface area contributed by atoms with Crippen LogP contribution in [0.2, 0.25) is 0 Å². The second-order valence-corrected chi connectivity index (χ2v) is 5.29. The maximum Gasteiger partial charge on any atom is 0.248 e. The summed E-state index contributed by atoms with van der Waals surface area (Å²) in [5.74, 6) is 0.405. The smallest absolute Gasteiger partial charge is 0.248 e. The van der Waals surface area contributed by atoms with Gasteiger partial charge in [0.1, 0.15) is 5.54 Å². The number of hydrogen-bond donors (Lipinski definition) is 1. The summed E-state index contributed by atoms with van der Waals surface area (Å²) < 4.78 is 0. The molecule has 4 nitrogen and oxygen atoms in total. The minimum atomic E-state index is -0.725. The van der Waals surface area contributed by atoms with E-state index in [-0.39, 0.29) is 24.4 Å². The number of carbonyl (C=O) groups is 2. The van der Waals surface area contributed by atoms with Crippen molar-refractivity contribution < 1.29 is 9.59 Å². The molecule has 0 aromatic rings. The monoisotopic (exact) mass is 240 g/mol. The third-order valence-corrected chi connectivity index (χ3v) is 4.13. The van der Waals surface area contributed by atoms with Crippen molar-refractivity contribution in [3.05, 3.63) is 0 Å². The largest absolute Gasteiger partial charge is 0.340 e. The second kappa shape index (κ2) is 5.07. The number of nitrogens with one attached hydrogen (secondary N) is 1. The predicted molar refractivity (Wildman–Crippen MR) is 67.5 cm³/mol. The van der Waals surface area contributed by atoms with Crippen LogP contribution in [0, 0.1) is 5.92 Å². The van der Waals surface area contributed by atoms with Crippen LogP contribution in [0.25, 0.3) is 0 Å². The van der Waals surface area contributed by atoms with Crippen molar-refractivity contribution >= 4 is 11.8 Å². The van der Waals surface area contributed by atoms with E-state index in [2.05, 4.69) is 19.2 Å². The highest BCUT2D eigenvalue weighted by atomic mass is 16.2. The van der Waals surface area contributed by atoms with Gasteiger partial charge in [-0.2, -0.15) is 0 Å². The number of piperazine rings is 1. The lowest BCUT2D eigenvalue weighted by molar-refractivity contribution is -0.152. The SMILES string of the molecule is CCC(C)C(C)N1CC(=O)NC(C)(CC)C1=O. The zero-order chi connectivity index (χ0) is 13.2. The van der Waals surface area contributed by atoms with Gasteiger partial charge in [-0.1, -0.05) is 27.2 Å². The first kappa shape index (κ1) is 14.0. The van der Waals surface area contributed by atoms with Gasteiger partial charge in [-0.25, -0.2) is 0 Å². The standard InChI is InChI=1S/C13H24N2O2/c1-6-9(3)10(4)15-8-11(16)14-13(5,7-2)12(15)17/h9-10H,6-8H2,1-5H3,(H,14,16). The normalized spacial score (nSPS) is 28.9. The summed E-state index contributed by atoms with van der Waals surface area (Å²) in [4.78, 5) is 25.8. The molecule has 0 bridgehead atoms. The highest BCUT2D eigenvalue weighted by molar-refractivity contribution is 5.97. The van der Waals surface area contributed by atoms with Crippen LogP contribution in [0.4, 0.5) is 0 Å². The maximum absolute atomic E-state index is 12.4. The summed E-state index contributed by atoms with van der Waals surface area (Å²) in [7, 11) is 0. The topological polar surface area (TPSA) is 49.4 Å². The highest BCUT2D eigenvalue weighted by Crippen LogP contribution is 2.23. The van der Waals surface area contributed by atoms with Crippen LogP contribution >= 0.6 is 0 Å². The van der Waals surface area contributed by atoms with E-state index < -0.39 is 5.54 Å².